The Kier molecular flexibility index (Phi) is 2.51. The number of hydrogen-bond acceptors (Lipinski definition) is 2. The third-order valence-corrected chi connectivity index (χ3v) is 4.16. The van der Waals surface area contributed by atoms with Crippen molar-refractivity contribution in [1.82, 2.24) is 9.80 Å². The molecule has 0 bridgehead atoms. The average Bonchev–Trinajstić information content (AvgIpc) is 2.90. The van der Waals surface area contributed by atoms with Gasteiger partial charge in [-0.3, -0.25) is 4.79 Å². The Morgan fingerprint density at radius 2 is 2.12 bits per heavy atom. The van der Waals surface area contributed by atoms with Gasteiger partial charge in [-0.15, -0.1) is 6.58 Å². The molecule has 1 saturated carbocycles. The van der Waals surface area contributed by atoms with E-state index in [2.05, 4.69) is 11.5 Å². The van der Waals surface area contributed by atoms with Gasteiger partial charge in [-0.25, -0.2) is 0 Å². The standard InChI is InChI=1S/C13H20N2O/c1-2-5-15-8-11-7-14(6-10-3-4-10)9-12(11)13(15)16/h2,10-12H,1,3-9H2/t11-,12-/m0/s1. The highest BCUT2D eigenvalue weighted by Crippen LogP contribution is 2.36. The van der Waals surface area contributed by atoms with Gasteiger partial charge in [-0.05, 0) is 18.8 Å². The zero-order chi connectivity index (χ0) is 11.1. The first-order chi connectivity index (χ1) is 7.78. The van der Waals surface area contributed by atoms with Gasteiger partial charge >= 0.3 is 0 Å². The predicted molar refractivity (Wildman–Crippen MR) is 62.9 cm³/mol. The summed E-state index contributed by atoms with van der Waals surface area (Å²) in [6, 6.07) is 0. The lowest BCUT2D eigenvalue weighted by Crippen LogP contribution is -2.33. The minimum Gasteiger partial charge on any atom is -0.338 e. The van der Waals surface area contributed by atoms with Crippen molar-refractivity contribution in [2.24, 2.45) is 17.8 Å². The van der Waals surface area contributed by atoms with Crippen LogP contribution in [-0.2, 0) is 4.79 Å². The molecule has 2 saturated heterocycles. The van der Waals surface area contributed by atoms with E-state index in [1.165, 1.54) is 19.4 Å². The molecule has 0 radical (unpaired) electrons. The molecule has 0 aromatic carbocycles. The van der Waals surface area contributed by atoms with E-state index in [9.17, 15) is 4.79 Å². The third-order valence-electron chi connectivity index (χ3n) is 4.16. The Morgan fingerprint density at radius 3 is 2.75 bits per heavy atom. The Morgan fingerprint density at radius 1 is 1.31 bits per heavy atom. The number of carbonyl (C=O) groups is 1. The van der Waals surface area contributed by atoms with Crippen molar-refractivity contribution < 1.29 is 4.79 Å². The summed E-state index contributed by atoms with van der Waals surface area (Å²) in [5.41, 5.74) is 0. The lowest BCUT2D eigenvalue weighted by Gasteiger charge is -2.20. The maximum atomic E-state index is 12.1. The summed E-state index contributed by atoms with van der Waals surface area (Å²) in [6.07, 6.45) is 4.64. The molecule has 0 unspecified atom stereocenters. The monoisotopic (exact) mass is 220 g/mol. The van der Waals surface area contributed by atoms with Crippen molar-refractivity contribution >= 4 is 5.91 Å². The summed E-state index contributed by atoms with van der Waals surface area (Å²) in [7, 11) is 0. The molecule has 1 amide bonds. The molecule has 2 aliphatic heterocycles. The van der Waals surface area contributed by atoms with Crippen molar-refractivity contribution in [3.63, 3.8) is 0 Å². The van der Waals surface area contributed by atoms with Gasteiger partial charge < -0.3 is 9.80 Å². The maximum absolute atomic E-state index is 12.1. The van der Waals surface area contributed by atoms with Crippen LogP contribution in [0.2, 0.25) is 0 Å². The molecule has 0 aromatic heterocycles. The summed E-state index contributed by atoms with van der Waals surface area (Å²) in [6.45, 7) is 8.78. The van der Waals surface area contributed by atoms with E-state index >= 15 is 0 Å². The second-order valence-corrected chi connectivity index (χ2v) is 5.56. The highest BCUT2D eigenvalue weighted by Gasteiger charge is 2.46. The average molecular weight is 220 g/mol. The van der Waals surface area contributed by atoms with Crippen molar-refractivity contribution in [1.29, 1.82) is 0 Å². The summed E-state index contributed by atoms with van der Waals surface area (Å²) in [5, 5.41) is 0. The van der Waals surface area contributed by atoms with E-state index in [1.807, 2.05) is 11.0 Å². The minimum atomic E-state index is 0.290. The quantitative estimate of drug-likeness (QED) is 0.659. The second kappa shape index (κ2) is 3.88. The molecular weight excluding hydrogens is 200 g/mol. The Balaban J connectivity index is 1.58. The molecule has 0 aromatic rings. The van der Waals surface area contributed by atoms with E-state index in [4.69, 9.17) is 0 Å². The van der Waals surface area contributed by atoms with Crippen LogP contribution >= 0.6 is 0 Å². The van der Waals surface area contributed by atoms with E-state index in [-0.39, 0.29) is 0 Å². The SMILES string of the molecule is C=CCN1C[C@@H]2CN(CC3CC3)C[C@@H]2C1=O. The van der Waals surface area contributed by atoms with Gasteiger partial charge in [0.2, 0.25) is 5.91 Å². The fraction of sp³-hybridized carbons (Fsp3) is 0.769. The molecule has 0 spiro atoms. The van der Waals surface area contributed by atoms with Gasteiger partial charge in [-0.2, -0.15) is 0 Å². The van der Waals surface area contributed by atoms with Crippen molar-refractivity contribution in [2.45, 2.75) is 12.8 Å². The van der Waals surface area contributed by atoms with Crippen LogP contribution in [0, 0.1) is 17.8 Å². The molecule has 1 aliphatic carbocycles. The fourth-order valence-electron chi connectivity index (χ4n) is 3.17. The first-order valence-corrected chi connectivity index (χ1v) is 6.40. The van der Waals surface area contributed by atoms with Crippen molar-refractivity contribution in [2.75, 3.05) is 32.7 Å². The number of nitrogens with zero attached hydrogens (tertiary/aromatic N) is 2. The molecule has 3 rings (SSSR count). The Hall–Kier alpha value is -0.830. The van der Waals surface area contributed by atoms with E-state index in [0.29, 0.717) is 17.7 Å². The molecule has 88 valence electrons. The largest absolute Gasteiger partial charge is 0.338 e. The van der Waals surface area contributed by atoms with Crippen LogP contribution in [0.3, 0.4) is 0 Å². The number of rotatable bonds is 4. The summed E-state index contributed by atoms with van der Waals surface area (Å²) < 4.78 is 0. The highest BCUT2D eigenvalue weighted by molar-refractivity contribution is 5.82. The number of likely N-dealkylation sites (tertiary alicyclic amines) is 2. The molecule has 3 aliphatic rings. The van der Waals surface area contributed by atoms with E-state index < -0.39 is 0 Å². The van der Waals surface area contributed by atoms with Gasteiger partial charge in [-0.1, -0.05) is 6.08 Å². The number of hydrogen-bond donors (Lipinski definition) is 0. The summed E-state index contributed by atoms with van der Waals surface area (Å²) in [4.78, 5) is 16.6. The van der Waals surface area contributed by atoms with Crippen LogP contribution in [-0.4, -0.2) is 48.4 Å². The zero-order valence-corrected chi connectivity index (χ0v) is 9.77. The maximum Gasteiger partial charge on any atom is 0.227 e. The molecule has 2 heterocycles. The van der Waals surface area contributed by atoms with E-state index in [1.54, 1.807) is 0 Å². The topological polar surface area (TPSA) is 23.6 Å². The molecule has 16 heavy (non-hydrogen) atoms. The molecule has 3 heteroatoms. The Labute approximate surface area is 97.1 Å². The fourth-order valence-corrected chi connectivity index (χ4v) is 3.17. The molecule has 3 nitrogen and oxygen atoms in total. The Bertz CT molecular complexity index is 311. The summed E-state index contributed by atoms with van der Waals surface area (Å²) >= 11 is 0. The van der Waals surface area contributed by atoms with Crippen LogP contribution < -0.4 is 0 Å². The predicted octanol–water partition coefficient (Wildman–Crippen LogP) is 0.973. The molecule has 3 fully saturated rings. The van der Waals surface area contributed by atoms with Gasteiger partial charge in [0.1, 0.15) is 0 Å². The van der Waals surface area contributed by atoms with Crippen LogP contribution in [0.15, 0.2) is 12.7 Å². The normalized spacial score (nSPS) is 34.5. The first kappa shape index (κ1) is 10.3. The van der Waals surface area contributed by atoms with Crippen molar-refractivity contribution in [3.8, 4) is 0 Å². The van der Waals surface area contributed by atoms with Gasteiger partial charge in [0.25, 0.3) is 0 Å². The van der Waals surface area contributed by atoms with Crippen LogP contribution in [0.5, 0.6) is 0 Å². The number of fused-ring (bicyclic) bond motifs is 1. The summed E-state index contributed by atoms with van der Waals surface area (Å²) in [5.74, 6) is 2.19. The smallest absolute Gasteiger partial charge is 0.227 e. The van der Waals surface area contributed by atoms with E-state index in [0.717, 1.165) is 32.1 Å². The molecule has 0 N–H and O–H groups in total. The molecular formula is C13H20N2O. The minimum absolute atomic E-state index is 0.290. The van der Waals surface area contributed by atoms with Gasteiger partial charge in [0.05, 0.1) is 5.92 Å². The lowest BCUT2D eigenvalue weighted by molar-refractivity contribution is -0.130. The first-order valence-electron chi connectivity index (χ1n) is 6.40. The number of carbonyl (C=O) groups excluding carboxylic acids is 1. The van der Waals surface area contributed by atoms with Gasteiger partial charge in [0.15, 0.2) is 0 Å². The number of amides is 1. The lowest BCUT2D eigenvalue weighted by atomic mass is 10.0. The van der Waals surface area contributed by atoms with Crippen LogP contribution in [0.25, 0.3) is 0 Å². The second-order valence-electron chi connectivity index (χ2n) is 5.56. The van der Waals surface area contributed by atoms with Gasteiger partial charge in [0, 0.05) is 38.6 Å². The van der Waals surface area contributed by atoms with Crippen molar-refractivity contribution in [3.05, 3.63) is 12.7 Å². The molecule has 2 atom stereocenters. The third kappa shape index (κ3) is 1.77. The van der Waals surface area contributed by atoms with Crippen LogP contribution in [0.4, 0.5) is 0 Å². The zero-order valence-electron chi connectivity index (χ0n) is 9.77. The highest BCUT2D eigenvalue weighted by atomic mass is 16.2. The van der Waals surface area contributed by atoms with Crippen LogP contribution in [0.1, 0.15) is 12.8 Å².